The zero-order chi connectivity index (χ0) is 19.4. The van der Waals surface area contributed by atoms with Crippen LogP contribution in [0, 0.1) is 0 Å². The van der Waals surface area contributed by atoms with Crippen molar-refractivity contribution in [3.05, 3.63) is 30.9 Å². The van der Waals surface area contributed by atoms with Crippen LogP contribution < -0.4 is 20.1 Å². The minimum absolute atomic E-state index is 0.273. The van der Waals surface area contributed by atoms with E-state index in [4.69, 9.17) is 18.9 Å². The molecule has 1 aromatic rings. The van der Waals surface area contributed by atoms with Gasteiger partial charge in [0.25, 0.3) is 0 Å². The maximum atomic E-state index is 5.75. The average Bonchev–Trinajstić information content (AvgIpc) is 3.12. The molecule has 1 unspecified atom stereocenters. The molecular weight excluding hydrogens is 358 g/mol. The Morgan fingerprint density at radius 3 is 2.93 bits per heavy atom. The minimum atomic E-state index is 0.273. The van der Waals surface area contributed by atoms with E-state index >= 15 is 0 Å². The Bertz CT molecular complexity index is 645. The van der Waals surface area contributed by atoms with Crippen LogP contribution in [-0.2, 0) is 9.47 Å². The van der Waals surface area contributed by atoms with E-state index in [2.05, 4.69) is 22.2 Å². The van der Waals surface area contributed by atoms with Crippen molar-refractivity contribution in [1.82, 2.24) is 5.32 Å². The molecule has 7 nitrogen and oxygen atoms in total. The van der Waals surface area contributed by atoms with E-state index in [9.17, 15) is 0 Å². The number of nitrogens with one attached hydrogen (secondary N) is 2. The number of benzene rings is 1. The maximum Gasteiger partial charge on any atom is 0.196 e. The first-order valence-corrected chi connectivity index (χ1v) is 10.1. The maximum absolute atomic E-state index is 5.75. The predicted octanol–water partition coefficient (Wildman–Crippen LogP) is 2.98. The van der Waals surface area contributed by atoms with Crippen molar-refractivity contribution >= 4 is 11.6 Å². The molecular formula is C21H31N3O4. The van der Waals surface area contributed by atoms with Gasteiger partial charge in [0.15, 0.2) is 17.5 Å². The molecule has 0 aliphatic carbocycles. The molecule has 1 saturated heterocycles. The van der Waals surface area contributed by atoms with Gasteiger partial charge in [0.1, 0.15) is 0 Å². The Labute approximate surface area is 167 Å². The fourth-order valence-electron chi connectivity index (χ4n) is 3.03. The molecule has 0 bridgehead atoms. The number of hydrogen-bond acceptors (Lipinski definition) is 5. The number of anilines is 1. The molecule has 2 N–H and O–H groups in total. The van der Waals surface area contributed by atoms with Crippen LogP contribution in [-0.4, -0.2) is 58.2 Å². The van der Waals surface area contributed by atoms with Crippen LogP contribution >= 0.6 is 0 Å². The number of fused-ring (bicyclic) bond motifs is 1. The summed E-state index contributed by atoms with van der Waals surface area (Å²) in [5, 5.41) is 6.55. The van der Waals surface area contributed by atoms with Crippen LogP contribution in [0.2, 0.25) is 0 Å². The molecule has 0 spiro atoms. The zero-order valence-electron chi connectivity index (χ0n) is 16.5. The van der Waals surface area contributed by atoms with Crippen LogP contribution in [0.15, 0.2) is 35.8 Å². The highest BCUT2D eigenvalue weighted by molar-refractivity contribution is 5.94. The molecule has 0 radical (unpaired) electrons. The molecule has 0 saturated carbocycles. The second-order valence-electron chi connectivity index (χ2n) is 6.80. The highest BCUT2D eigenvalue weighted by Gasteiger charge is 2.15. The second kappa shape index (κ2) is 11.6. The lowest BCUT2D eigenvalue weighted by molar-refractivity contribution is 0.0171. The Morgan fingerprint density at radius 2 is 2.11 bits per heavy atom. The SMILES string of the molecule is C=CCNC(=NCCCOCC1CCCO1)Nc1ccc2c(c1)OCCCO2. The van der Waals surface area contributed by atoms with Gasteiger partial charge in [-0.15, -0.1) is 6.58 Å². The molecule has 0 amide bonds. The van der Waals surface area contributed by atoms with E-state index in [1.54, 1.807) is 6.08 Å². The van der Waals surface area contributed by atoms with Crippen LogP contribution in [0.25, 0.3) is 0 Å². The summed E-state index contributed by atoms with van der Waals surface area (Å²) in [4.78, 5) is 4.62. The number of rotatable bonds is 9. The molecule has 2 aliphatic heterocycles. The molecule has 7 heteroatoms. The van der Waals surface area contributed by atoms with Crippen LogP contribution in [0.3, 0.4) is 0 Å². The fourth-order valence-corrected chi connectivity index (χ4v) is 3.03. The zero-order valence-corrected chi connectivity index (χ0v) is 16.5. The second-order valence-corrected chi connectivity index (χ2v) is 6.80. The molecule has 154 valence electrons. The Kier molecular flexibility index (Phi) is 8.46. The quantitative estimate of drug-likeness (QED) is 0.293. The third-order valence-corrected chi connectivity index (χ3v) is 4.47. The van der Waals surface area contributed by atoms with Gasteiger partial charge in [0, 0.05) is 44.5 Å². The Morgan fingerprint density at radius 1 is 1.21 bits per heavy atom. The Balaban J connectivity index is 1.47. The van der Waals surface area contributed by atoms with Crippen molar-refractivity contribution in [2.24, 2.45) is 4.99 Å². The number of aliphatic imine (C=N–C) groups is 1. The van der Waals surface area contributed by atoms with Crippen molar-refractivity contribution in [2.75, 3.05) is 51.4 Å². The number of hydrogen-bond donors (Lipinski definition) is 2. The van der Waals surface area contributed by atoms with Gasteiger partial charge >= 0.3 is 0 Å². The van der Waals surface area contributed by atoms with E-state index in [-0.39, 0.29) is 6.10 Å². The summed E-state index contributed by atoms with van der Waals surface area (Å²) >= 11 is 0. The highest BCUT2D eigenvalue weighted by atomic mass is 16.5. The van der Waals surface area contributed by atoms with E-state index < -0.39 is 0 Å². The Hall–Kier alpha value is -2.25. The highest BCUT2D eigenvalue weighted by Crippen LogP contribution is 2.32. The normalized spacial score (nSPS) is 19.1. The van der Waals surface area contributed by atoms with Crippen molar-refractivity contribution < 1.29 is 18.9 Å². The van der Waals surface area contributed by atoms with E-state index in [1.165, 1.54) is 0 Å². The minimum Gasteiger partial charge on any atom is -0.490 e. The smallest absolute Gasteiger partial charge is 0.196 e. The van der Waals surface area contributed by atoms with Gasteiger partial charge in [-0.1, -0.05) is 6.08 Å². The molecule has 2 heterocycles. The molecule has 0 aromatic heterocycles. The van der Waals surface area contributed by atoms with Gasteiger partial charge in [-0.05, 0) is 31.4 Å². The first-order valence-electron chi connectivity index (χ1n) is 10.1. The summed E-state index contributed by atoms with van der Waals surface area (Å²) in [7, 11) is 0. The lowest BCUT2D eigenvalue weighted by Crippen LogP contribution is -2.31. The summed E-state index contributed by atoms with van der Waals surface area (Å²) in [6, 6.07) is 5.83. The van der Waals surface area contributed by atoms with Crippen LogP contribution in [0.4, 0.5) is 5.69 Å². The topological polar surface area (TPSA) is 73.3 Å². The van der Waals surface area contributed by atoms with E-state index in [0.29, 0.717) is 45.5 Å². The molecule has 1 atom stereocenters. The molecule has 2 aliphatic rings. The summed E-state index contributed by atoms with van der Waals surface area (Å²) in [5.74, 6) is 2.24. The lowest BCUT2D eigenvalue weighted by atomic mass is 10.2. The number of nitrogens with zero attached hydrogens (tertiary/aromatic N) is 1. The largest absolute Gasteiger partial charge is 0.490 e. The van der Waals surface area contributed by atoms with Crippen molar-refractivity contribution in [2.45, 2.75) is 31.8 Å². The summed E-state index contributed by atoms with van der Waals surface area (Å²) < 4.78 is 22.7. The fraction of sp³-hybridized carbons (Fsp3) is 0.571. The number of guanidine groups is 1. The standard InChI is InChI=1S/C21H31N3O4/c1-2-9-22-21(23-10-4-11-25-16-18-6-3-12-26-18)24-17-7-8-19-20(15-17)28-14-5-13-27-19/h2,7-8,15,18H,1,3-6,9-14,16H2,(H2,22,23,24). The average molecular weight is 389 g/mol. The van der Waals surface area contributed by atoms with Crippen molar-refractivity contribution in [1.29, 1.82) is 0 Å². The molecule has 28 heavy (non-hydrogen) atoms. The first kappa shape index (κ1) is 20.5. The van der Waals surface area contributed by atoms with Gasteiger partial charge in [0.2, 0.25) is 0 Å². The van der Waals surface area contributed by atoms with E-state index in [1.807, 2.05) is 18.2 Å². The predicted molar refractivity (Wildman–Crippen MR) is 111 cm³/mol. The van der Waals surface area contributed by atoms with Crippen molar-refractivity contribution in [3.63, 3.8) is 0 Å². The van der Waals surface area contributed by atoms with Gasteiger partial charge in [-0.2, -0.15) is 0 Å². The third-order valence-electron chi connectivity index (χ3n) is 4.47. The number of ether oxygens (including phenoxy) is 4. The van der Waals surface area contributed by atoms with Gasteiger partial charge < -0.3 is 29.6 Å². The molecule has 1 fully saturated rings. The molecule has 1 aromatic carbocycles. The third kappa shape index (κ3) is 6.73. The summed E-state index contributed by atoms with van der Waals surface area (Å²) in [5.41, 5.74) is 0.897. The van der Waals surface area contributed by atoms with E-state index in [0.717, 1.165) is 49.5 Å². The van der Waals surface area contributed by atoms with Crippen LogP contribution in [0.5, 0.6) is 11.5 Å². The lowest BCUT2D eigenvalue weighted by Gasteiger charge is -2.14. The van der Waals surface area contributed by atoms with Gasteiger partial charge in [0.05, 0.1) is 25.9 Å². The summed E-state index contributed by atoms with van der Waals surface area (Å²) in [6.45, 7) is 8.63. The van der Waals surface area contributed by atoms with Gasteiger partial charge in [-0.25, -0.2) is 0 Å². The van der Waals surface area contributed by atoms with Gasteiger partial charge in [-0.3, -0.25) is 4.99 Å². The monoisotopic (exact) mass is 389 g/mol. The first-order chi connectivity index (χ1) is 13.8. The molecule has 3 rings (SSSR count). The van der Waals surface area contributed by atoms with Crippen molar-refractivity contribution in [3.8, 4) is 11.5 Å². The summed E-state index contributed by atoms with van der Waals surface area (Å²) in [6.07, 6.45) is 6.06. The van der Waals surface area contributed by atoms with Crippen LogP contribution in [0.1, 0.15) is 25.7 Å².